The predicted octanol–water partition coefficient (Wildman–Crippen LogP) is 0.0942. The number of carbonyl (C=O) groups is 1. The maximum Gasteiger partial charge on any atom is 0.248 e. The van der Waals surface area contributed by atoms with Gasteiger partial charge >= 0.3 is 0 Å². The number of rotatable bonds is 2. The van der Waals surface area contributed by atoms with E-state index in [1.807, 2.05) is 14.0 Å². The van der Waals surface area contributed by atoms with Crippen molar-refractivity contribution in [3.05, 3.63) is 35.1 Å². The molecule has 0 saturated carbocycles. The molecule has 1 atom stereocenters. The van der Waals surface area contributed by atoms with Crippen molar-refractivity contribution in [2.24, 2.45) is 12.8 Å². The Kier molecular flexibility index (Phi) is 2.60. The quantitative estimate of drug-likeness (QED) is 0.807. The molecule has 0 spiro atoms. The third-order valence-electron chi connectivity index (χ3n) is 3.63. The topological polar surface area (TPSA) is 104 Å². The first kappa shape index (κ1) is 12.4. The smallest absolute Gasteiger partial charge is 0.248 e. The van der Waals surface area contributed by atoms with Gasteiger partial charge in [0.05, 0.1) is 11.8 Å². The Morgan fingerprint density at radius 3 is 2.75 bits per heavy atom. The van der Waals surface area contributed by atoms with Crippen LogP contribution in [0.2, 0.25) is 0 Å². The molecule has 0 aliphatic carbocycles. The highest BCUT2D eigenvalue weighted by molar-refractivity contribution is 5.95. The number of nitrogens with one attached hydrogen (secondary N) is 1. The van der Waals surface area contributed by atoms with Crippen LogP contribution in [0.1, 0.15) is 24.2 Å². The zero-order valence-corrected chi connectivity index (χ0v) is 11.5. The van der Waals surface area contributed by atoms with Gasteiger partial charge in [-0.25, -0.2) is 4.68 Å². The number of aromatic nitrogens is 5. The molecular weight excluding hydrogens is 258 g/mol. The Hall–Kier alpha value is -2.64. The highest BCUT2D eigenvalue weighted by Gasteiger charge is 2.34. The fourth-order valence-corrected chi connectivity index (χ4v) is 2.48. The predicted molar refractivity (Wildman–Crippen MR) is 71.6 cm³/mol. The molecule has 1 amide bonds. The molecule has 1 aliphatic heterocycles. The minimum Gasteiger partial charge on any atom is -0.366 e. The zero-order valence-electron chi connectivity index (χ0n) is 11.5. The summed E-state index contributed by atoms with van der Waals surface area (Å²) in [7, 11) is 1.85. The van der Waals surface area contributed by atoms with Crippen molar-refractivity contribution in [2.45, 2.75) is 19.9 Å². The maximum absolute atomic E-state index is 11.8. The first-order valence-electron chi connectivity index (χ1n) is 6.16. The lowest BCUT2D eigenvalue weighted by atomic mass is 9.96. The van der Waals surface area contributed by atoms with Crippen molar-refractivity contribution in [1.82, 2.24) is 24.5 Å². The number of fused-ring (bicyclic) bond motifs is 1. The third-order valence-corrected chi connectivity index (χ3v) is 3.63. The van der Waals surface area contributed by atoms with E-state index in [0.29, 0.717) is 17.2 Å². The number of amides is 1. The van der Waals surface area contributed by atoms with Crippen molar-refractivity contribution in [2.75, 3.05) is 5.32 Å². The second-order valence-corrected chi connectivity index (χ2v) is 4.77. The Labute approximate surface area is 115 Å². The molecule has 0 bridgehead atoms. The lowest BCUT2D eigenvalue weighted by molar-refractivity contribution is -0.115. The molecular formula is C12H15N7O. The summed E-state index contributed by atoms with van der Waals surface area (Å²) in [4.78, 5) is 16.0. The van der Waals surface area contributed by atoms with E-state index in [-0.39, 0.29) is 0 Å². The second kappa shape index (κ2) is 4.19. The van der Waals surface area contributed by atoms with Gasteiger partial charge in [-0.15, -0.1) is 0 Å². The van der Waals surface area contributed by atoms with Crippen molar-refractivity contribution in [3.8, 4) is 0 Å². The number of aryl methyl sites for hydroxylation is 1. The molecule has 0 aromatic carbocycles. The van der Waals surface area contributed by atoms with Crippen LogP contribution >= 0.6 is 0 Å². The Balaban J connectivity index is 2.25. The van der Waals surface area contributed by atoms with Gasteiger partial charge in [-0.2, -0.15) is 15.2 Å². The average Bonchev–Trinajstić information content (AvgIpc) is 2.96. The average molecular weight is 273 g/mol. The molecule has 8 heteroatoms. The standard InChI is InChI=1S/C12H15N7O/c1-6-9(11(13)20)10(8-4-15-18(3)7(8)2)19-12(17-6)14-5-16-19/h4-5,10H,1-3H3,(H2,13,20)(H,14,16,17)/t10-/m1/s1. The minimum atomic E-state index is -0.482. The molecule has 0 saturated heterocycles. The summed E-state index contributed by atoms with van der Waals surface area (Å²) < 4.78 is 3.40. The lowest BCUT2D eigenvalue weighted by Gasteiger charge is -2.27. The van der Waals surface area contributed by atoms with Gasteiger partial charge in [-0.05, 0) is 13.8 Å². The van der Waals surface area contributed by atoms with E-state index in [0.717, 1.165) is 11.3 Å². The highest BCUT2D eigenvalue weighted by atomic mass is 16.1. The molecule has 8 nitrogen and oxygen atoms in total. The van der Waals surface area contributed by atoms with Crippen LogP contribution in [-0.2, 0) is 11.8 Å². The number of hydrogen-bond acceptors (Lipinski definition) is 5. The normalized spacial score (nSPS) is 17.9. The van der Waals surface area contributed by atoms with Crippen molar-refractivity contribution in [1.29, 1.82) is 0 Å². The SMILES string of the molecule is CC1=C(C(N)=O)[C@@H](c2cnn(C)c2C)n2ncnc2N1. The van der Waals surface area contributed by atoms with Crippen LogP contribution in [0.4, 0.5) is 5.95 Å². The number of allylic oxidation sites excluding steroid dienone is 1. The van der Waals surface area contributed by atoms with Crippen LogP contribution in [0, 0.1) is 6.92 Å². The molecule has 3 heterocycles. The van der Waals surface area contributed by atoms with Gasteiger partial charge < -0.3 is 11.1 Å². The fourth-order valence-electron chi connectivity index (χ4n) is 2.48. The molecule has 2 aromatic heterocycles. The molecule has 0 fully saturated rings. The Morgan fingerprint density at radius 2 is 2.15 bits per heavy atom. The summed E-state index contributed by atoms with van der Waals surface area (Å²) in [6, 6.07) is -0.403. The van der Waals surface area contributed by atoms with E-state index in [1.54, 1.807) is 22.5 Å². The van der Waals surface area contributed by atoms with Gasteiger partial charge in [-0.3, -0.25) is 9.48 Å². The summed E-state index contributed by atoms with van der Waals surface area (Å²) in [6.07, 6.45) is 3.17. The number of anilines is 1. The van der Waals surface area contributed by atoms with Gasteiger partial charge in [0.15, 0.2) is 0 Å². The van der Waals surface area contributed by atoms with E-state index in [9.17, 15) is 4.79 Å². The first-order valence-corrected chi connectivity index (χ1v) is 6.16. The number of carbonyl (C=O) groups excluding carboxylic acids is 1. The van der Waals surface area contributed by atoms with Gasteiger partial charge in [0, 0.05) is 24.0 Å². The summed E-state index contributed by atoms with van der Waals surface area (Å²) in [6.45, 7) is 3.74. The van der Waals surface area contributed by atoms with Gasteiger partial charge in [-0.1, -0.05) is 0 Å². The molecule has 1 aliphatic rings. The second-order valence-electron chi connectivity index (χ2n) is 4.77. The van der Waals surface area contributed by atoms with Gasteiger partial charge in [0.1, 0.15) is 12.4 Å². The zero-order chi connectivity index (χ0) is 14.4. The van der Waals surface area contributed by atoms with Crippen molar-refractivity contribution in [3.63, 3.8) is 0 Å². The van der Waals surface area contributed by atoms with Crippen LogP contribution in [0.25, 0.3) is 0 Å². The highest BCUT2D eigenvalue weighted by Crippen LogP contribution is 2.35. The first-order chi connectivity index (χ1) is 9.50. The van der Waals surface area contributed by atoms with Crippen LogP contribution in [0.15, 0.2) is 23.8 Å². The van der Waals surface area contributed by atoms with Crippen LogP contribution in [-0.4, -0.2) is 30.5 Å². The monoisotopic (exact) mass is 273 g/mol. The Morgan fingerprint density at radius 1 is 1.40 bits per heavy atom. The van der Waals surface area contributed by atoms with Crippen LogP contribution < -0.4 is 11.1 Å². The Bertz CT molecular complexity index is 724. The molecule has 3 N–H and O–H groups in total. The van der Waals surface area contributed by atoms with E-state index in [1.165, 1.54) is 6.33 Å². The van der Waals surface area contributed by atoms with E-state index >= 15 is 0 Å². The lowest BCUT2D eigenvalue weighted by Crippen LogP contribution is -2.32. The molecule has 0 unspecified atom stereocenters. The van der Waals surface area contributed by atoms with Crippen molar-refractivity contribution >= 4 is 11.9 Å². The molecule has 20 heavy (non-hydrogen) atoms. The summed E-state index contributed by atoms with van der Waals surface area (Å²) in [5.74, 6) is 0.102. The number of hydrogen-bond donors (Lipinski definition) is 2. The number of nitrogens with two attached hydrogens (primary N) is 1. The molecule has 3 rings (SSSR count). The maximum atomic E-state index is 11.8. The summed E-state index contributed by atoms with van der Waals surface area (Å²) >= 11 is 0. The summed E-state index contributed by atoms with van der Waals surface area (Å²) in [5.41, 5.74) is 8.53. The number of primary amides is 1. The minimum absolute atomic E-state index is 0.403. The van der Waals surface area contributed by atoms with Crippen molar-refractivity contribution < 1.29 is 4.79 Å². The van der Waals surface area contributed by atoms with Gasteiger partial charge in [0.2, 0.25) is 11.9 Å². The molecule has 2 aromatic rings. The molecule has 0 radical (unpaired) electrons. The number of nitrogens with zero attached hydrogens (tertiary/aromatic N) is 5. The van der Waals surface area contributed by atoms with E-state index in [4.69, 9.17) is 5.73 Å². The fraction of sp³-hybridized carbons (Fsp3) is 0.333. The third kappa shape index (κ3) is 1.61. The van der Waals surface area contributed by atoms with Crippen LogP contribution in [0.3, 0.4) is 0 Å². The summed E-state index contributed by atoms with van der Waals surface area (Å²) in [5, 5.41) is 11.5. The van der Waals surface area contributed by atoms with Crippen LogP contribution in [0.5, 0.6) is 0 Å². The van der Waals surface area contributed by atoms with E-state index < -0.39 is 11.9 Å². The van der Waals surface area contributed by atoms with E-state index in [2.05, 4.69) is 20.5 Å². The largest absolute Gasteiger partial charge is 0.366 e. The molecule has 104 valence electrons. The van der Waals surface area contributed by atoms with Gasteiger partial charge in [0.25, 0.3) is 0 Å².